The van der Waals surface area contributed by atoms with Crippen LogP contribution in [0, 0.1) is 11.3 Å². The minimum absolute atomic E-state index is 0.358. The molecule has 0 spiro atoms. The van der Waals surface area contributed by atoms with Crippen LogP contribution in [0.1, 0.15) is 34.0 Å². The number of nitrogens with zero attached hydrogens (tertiary/aromatic N) is 1. The van der Waals surface area contributed by atoms with Crippen molar-refractivity contribution in [3.63, 3.8) is 0 Å². The Morgan fingerprint density at radius 2 is 2.19 bits per heavy atom. The van der Waals surface area contributed by atoms with Gasteiger partial charge in [0, 0.05) is 5.33 Å². The summed E-state index contributed by atoms with van der Waals surface area (Å²) >= 11 is 3.34. The van der Waals surface area contributed by atoms with E-state index in [0.717, 1.165) is 11.1 Å². The Balaban J connectivity index is 3.44. The number of rotatable bonds is 3. The number of benzene rings is 1. The Labute approximate surface area is 103 Å². The van der Waals surface area contributed by atoms with Crippen LogP contribution in [0.2, 0.25) is 0 Å². The van der Waals surface area contributed by atoms with Crippen molar-refractivity contribution in [3.8, 4) is 6.07 Å². The number of carbonyl (C=O) groups is 1. The van der Waals surface area contributed by atoms with Crippen LogP contribution >= 0.6 is 15.9 Å². The van der Waals surface area contributed by atoms with Crippen molar-refractivity contribution in [2.45, 2.75) is 18.7 Å². The molecule has 0 aliphatic carbocycles. The van der Waals surface area contributed by atoms with Crippen molar-refractivity contribution in [2.75, 3.05) is 7.11 Å². The Hall–Kier alpha value is -1.34. The summed E-state index contributed by atoms with van der Waals surface area (Å²) in [5.74, 6) is -0.358. The first-order valence-electron chi connectivity index (χ1n) is 4.88. The standard InChI is InChI=1S/C12H12BrNO2/c1-3-9-10(12(15)16-2)5-4-8(7-14)11(9)6-13/h4-5H,3,6H2,1-2H3. The fourth-order valence-corrected chi connectivity index (χ4v) is 2.30. The average molecular weight is 282 g/mol. The number of esters is 1. The molecule has 0 saturated carbocycles. The molecule has 0 N–H and O–H groups in total. The third-order valence-corrected chi connectivity index (χ3v) is 3.00. The van der Waals surface area contributed by atoms with Crippen LogP contribution in [0.15, 0.2) is 12.1 Å². The van der Waals surface area contributed by atoms with Crippen LogP contribution in [0.5, 0.6) is 0 Å². The maximum absolute atomic E-state index is 11.5. The van der Waals surface area contributed by atoms with Gasteiger partial charge < -0.3 is 4.74 Å². The number of ether oxygens (including phenoxy) is 1. The lowest BCUT2D eigenvalue weighted by atomic mass is 9.95. The number of nitriles is 1. The smallest absolute Gasteiger partial charge is 0.338 e. The maximum Gasteiger partial charge on any atom is 0.338 e. The van der Waals surface area contributed by atoms with E-state index in [2.05, 4.69) is 22.0 Å². The van der Waals surface area contributed by atoms with Crippen molar-refractivity contribution < 1.29 is 9.53 Å². The molecule has 0 saturated heterocycles. The lowest BCUT2D eigenvalue weighted by molar-refractivity contribution is 0.0599. The molecule has 84 valence electrons. The number of alkyl halides is 1. The molecule has 0 amide bonds. The predicted octanol–water partition coefficient (Wildman–Crippen LogP) is 2.80. The Kier molecular flexibility index (Phi) is 4.51. The van der Waals surface area contributed by atoms with Gasteiger partial charge in [-0.15, -0.1) is 0 Å². The van der Waals surface area contributed by atoms with Crippen LogP contribution in [-0.4, -0.2) is 13.1 Å². The Morgan fingerprint density at radius 3 is 2.62 bits per heavy atom. The van der Waals surface area contributed by atoms with Gasteiger partial charge in [0.15, 0.2) is 0 Å². The van der Waals surface area contributed by atoms with Crippen molar-refractivity contribution in [2.24, 2.45) is 0 Å². The Bertz CT molecular complexity index is 449. The van der Waals surface area contributed by atoms with Crippen molar-refractivity contribution in [1.29, 1.82) is 5.26 Å². The molecule has 0 aromatic heterocycles. The minimum atomic E-state index is -0.358. The number of carbonyl (C=O) groups excluding carboxylic acids is 1. The molecule has 0 heterocycles. The number of hydrogen-bond acceptors (Lipinski definition) is 3. The summed E-state index contributed by atoms with van der Waals surface area (Å²) in [4.78, 5) is 11.5. The summed E-state index contributed by atoms with van der Waals surface area (Å²) in [6.07, 6.45) is 0.695. The summed E-state index contributed by atoms with van der Waals surface area (Å²) in [6.45, 7) is 1.95. The van der Waals surface area contributed by atoms with Crippen molar-refractivity contribution in [1.82, 2.24) is 0 Å². The third-order valence-electron chi connectivity index (χ3n) is 2.44. The van der Waals surface area contributed by atoms with E-state index in [0.29, 0.717) is 22.9 Å². The Morgan fingerprint density at radius 1 is 1.50 bits per heavy atom. The monoisotopic (exact) mass is 281 g/mol. The van der Waals surface area contributed by atoms with Gasteiger partial charge in [-0.3, -0.25) is 0 Å². The lowest BCUT2D eigenvalue weighted by Gasteiger charge is -2.11. The van der Waals surface area contributed by atoms with Gasteiger partial charge >= 0.3 is 5.97 Å². The van der Waals surface area contributed by atoms with Gasteiger partial charge in [0.1, 0.15) is 0 Å². The fourth-order valence-electron chi connectivity index (χ4n) is 1.66. The molecule has 1 aromatic carbocycles. The molecule has 16 heavy (non-hydrogen) atoms. The SMILES string of the molecule is CCc1c(C(=O)OC)ccc(C#N)c1CBr. The van der Waals surface area contributed by atoms with E-state index in [1.54, 1.807) is 12.1 Å². The maximum atomic E-state index is 11.5. The van der Waals surface area contributed by atoms with Crippen LogP contribution in [0.25, 0.3) is 0 Å². The minimum Gasteiger partial charge on any atom is -0.465 e. The van der Waals surface area contributed by atoms with E-state index in [4.69, 9.17) is 10.00 Å². The molecule has 0 atom stereocenters. The highest BCUT2D eigenvalue weighted by Gasteiger charge is 2.16. The van der Waals surface area contributed by atoms with E-state index in [1.807, 2.05) is 6.92 Å². The number of hydrogen-bond donors (Lipinski definition) is 0. The summed E-state index contributed by atoms with van der Waals surface area (Å²) < 4.78 is 4.71. The van der Waals surface area contributed by atoms with Crippen LogP contribution < -0.4 is 0 Å². The van der Waals surface area contributed by atoms with Crippen molar-refractivity contribution in [3.05, 3.63) is 34.4 Å². The lowest BCUT2D eigenvalue weighted by Crippen LogP contribution is -2.08. The molecule has 0 bridgehead atoms. The highest BCUT2D eigenvalue weighted by molar-refractivity contribution is 9.08. The average Bonchev–Trinajstić information content (AvgIpc) is 2.35. The van der Waals surface area contributed by atoms with E-state index in [1.165, 1.54) is 7.11 Å². The van der Waals surface area contributed by atoms with Crippen LogP contribution in [-0.2, 0) is 16.5 Å². The molecule has 0 aliphatic heterocycles. The predicted molar refractivity (Wildman–Crippen MR) is 64.5 cm³/mol. The summed E-state index contributed by atoms with van der Waals surface area (Å²) in [5, 5.41) is 9.53. The summed E-state index contributed by atoms with van der Waals surface area (Å²) in [7, 11) is 1.35. The fraction of sp³-hybridized carbons (Fsp3) is 0.333. The molecule has 1 rings (SSSR count). The molecule has 1 aromatic rings. The highest BCUT2D eigenvalue weighted by atomic mass is 79.9. The summed E-state index contributed by atoms with van der Waals surface area (Å²) in [5.41, 5.74) is 2.88. The normalized spacial score (nSPS) is 9.62. The van der Waals surface area contributed by atoms with E-state index >= 15 is 0 Å². The van der Waals surface area contributed by atoms with Crippen LogP contribution in [0.4, 0.5) is 0 Å². The zero-order chi connectivity index (χ0) is 12.1. The number of methoxy groups -OCH3 is 1. The second-order valence-corrected chi connectivity index (χ2v) is 3.77. The van der Waals surface area contributed by atoms with Gasteiger partial charge in [-0.2, -0.15) is 5.26 Å². The van der Waals surface area contributed by atoms with E-state index < -0.39 is 0 Å². The molecule has 0 unspecified atom stereocenters. The largest absolute Gasteiger partial charge is 0.465 e. The zero-order valence-corrected chi connectivity index (χ0v) is 10.8. The molecule has 0 aliphatic rings. The first-order valence-corrected chi connectivity index (χ1v) is 6.00. The topological polar surface area (TPSA) is 50.1 Å². The second-order valence-electron chi connectivity index (χ2n) is 3.21. The number of halogens is 1. The summed E-state index contributed by atoms with van der Waals surface area (Å²) in [6, 6.07) is 5.43. The quantitative estimate of drug-likeness (QED) is 0.632. The molecular formula is C12H12BrNO2. The molecule has 3 nitrogen and oxygen atoms in total. The molecule has 4 heteroatoms. The first kappa shape index (κ1) is 12.7. The van der Waals surface area contributed by atoms with E-state index in [-0.39, 0.29) is 5.97 Å². The van der Waals surface area contributed by atoms with Gasteiger partial charge in [0.25, 0.3) is 0 Å². The first-order chi connectivity index (χ1) is 7.69. The molecular weight excluding hydrogens is 270 g/mol. The molecule has 0 fully saturated rings. The zero-order valence-electron chi connectivity index (χ0n) is 9.21. The van der Waals surface area contributed by atoms with Gasteiger partial charge in [0.2, 0.25) is 0 Å². The van der Waals surface area contributed by atoms with Gasteiger partial charge in [-0.05, 0) is 29.7 Å². The van der Waals surface area contributed by atoms with Gasteiger partial charge in [-0.25, -0.2) is 4.79 Å². The van der Waals surface area contributed by atoms with Gasteiger partial charge in [-0.1, -0.05) is 22.9 Å². The molecule has 0 radical (unpaired) electrons. The van der Waals surface area contributed by atoms with Gasteiger partial charge in [0.05, 0.1) is 24.3 Å². The highest BCUT2D eigenvalue weighted by Crippen LogP contribution is 2.23. The van der Waals surface area contributed by atoms with Crippen LogP contribution in [0.3, 0.4) is 0 Å². The third kappa shape index (κ3) is 2.25. The van der Waals surface area contributed by atoms with E-state index in [9.17, 15) is 4.79 Å². The van der Waals surface area contributed by atoms with Crippen molar-refractivity contribution >= 4 is 21.9 Å². The second kappa shape index (κ2) is 5.66.